The van der Waals surface area contributed by atoms with E-state index in [9.17, 15) is 9.59 Å². The van der Waals surface area contributed by atoms with Crippen LogP contribution in [0.25, 0.3) is 0 Å². The highest BCUT2D eigenvalue weighted by Crippen LogP contribution is 2.28. The summed E-state index contributed by atoms with van der Waals surface area (Å²) in [6.45, 7) is 6.51. The van der Waals surface area contributed by atoms with Crippen molar-refractivity contribution in [3.63, 3.8) is 0 Å². The first kappa shape index (κ1) is 17.8. The summed E-state index contributed by atoms with van der Waals surface area (Å²) in [5.74, 6) is 0.335. The molecule has 0 aliphatic carbocycles. The van der Waals surface area contributed by atoms with Crippen molar-refractivity contribution < 1.29 is 19.1 Å². The van der Waals surface area contributed by atoms with Crippen molar-refractivity contribution in [2.75, 3.05) is 13.2 Å². The van der Waals surface area contributed by atoms with Crippen LogP contribution in [0.5, 0.6) is 5.75 Å². The molecule has 0 fully saturated rings. The normalized spacial score (nSPS) is 17.1. The lowest BCUT2D eigenvalue weighted by atomic mass is 9.95. The third kappa shape index (κ3) is 4.28. The van der Waals surface area contributed by atoms with Crippen molar-refractivity contribution in [1.29, 1.82) is 0 Å². The van der Waals surface area contributed by atoms with Crippen LogP contribution >= 0.6 is 0 Å². The van der Waals surface area contributed by atoms with Crippen LogP contribution in [0, 0.1) is 0 Å². The van der Waals surface area contributed by atoms with Gasteiger partial charge in [0.1, 0.15) is 5.75 Å². The first-order chi connectivity index (χ1) is 11.6. The molecule has 6 heteroatoms. The lowest BCUT2D eigenvalue weighted by Crippen LogP contribution is -2.45. The zero-order chi connectivity index (χ0) is 17.5. The van der Waals surface area contributed by atoms with Crippen molar-refractivity contribution in [2.45, 2.75) is 39.7 Å². The van der Waals surface area contributed by atoms with Crippen molar-refractivity contribution in [1.82, 2.24) is 10.6 Å². The summed E-state index contributed by atoms with van der Waals surface area (Å²) < 4.78 is 10.8. The van der Waals surface area contributed by atoms with Crippen LogP contribution in [0.15, 0.2) is 35.5 Å². The van der Waals surface area contributed by atoms with E-state index in [2.05, 4.69) is 17.6 Å². The van der Waals surface area contributed by atoms with E-state index >= 15 is 0 Å². The first-order valence-electron chi connectivity index (χ1n) is 8.25. The number of amides is 2. The van der Waals surface area contributed by atoms with Gasteiger partial charge >= 0.3 is 12.0 Å². The maximum atomic E-state index is 12.2. The fourth-order valence-corrected chi connectivity index (χ4v) is 2.51. The third-order valence-corrected chi connectivity index (χ3v) is 3.74. The van der Waals surface area contributed by atoms with E-state index < -0.39 is 12.0 Å². The Kier molecular flexibility index (Phi) is 6.23. The molecule has 0 aromatic heterocycles. The average Bonchev–Trinajstić information content (AvgIpc) is 2.55. The first-order valence-corrected chi connectivity index (χ1v) is 8.25. The smallest absolute Gasteiger partial charge is 0.338 e. The molecule has 0 bridgehead atoms. The van der Waals surface area contributed by atoms with Crippen LogP contribution in [0.3, 0.4) is 0 Å². The van der Waals surface area contributed by atoms with Crippen molar-refractivity contribution in [3.05, 3.63) is 41.1 Å². The number of nitrogens with one attached hydrogen (secondary N) is 2. The third-order valence-electron chi connectivity index (χ3n) is 3.74. The Bertz CT molecular complexity index is 622. The SMILES string of the molecule is CCCCOc1ccc(C2NC(=O)NC(C)=C2C(=O)OCC)cc1. The molecule has 130 valence electrons. The number of unbranched alkanes of at least 4 members (excludes halogenated alkanes) is 1. The highest BCUT2D eigenvalue weighted by atomic mass is 16.5. The Morgan fingerprint density at radius 3 is 2.54 bits per heavy atom. The van der Waals surface area contributed by atoms with Gasteiger partial charge in [-0.25, -0.2) is 9.59 Å². The number of esters is 1. The van der Waals surface area contributed by atoms with Crippen molar-refractivity contribution in [3.8, 4) is 5.75 Å². The Labute approximate surface area is 142 Å². The molecule has 2 rings (SSSR count). The Hall–Kier alpha value is -2.50. The Morgan fingerprint density at radius 2 is 1.92 bits per heavy atom. The molecule has 24 heavy (non-hydrogen) atoms. The molecule has 6 nitrogen and oxygen atoms in total. The van der Waals surface area contributed by atoms with Crippen LogP contribution in [0.4, 0.5) is 4.79 Å². The molecule has 2 N–H and O–H groups in total. The van der Waals surface area contributed by atoms with Gasteiger partial charge in [0.2, 0.25) is 0 Å². The van der Waals surface area contributed by atoms with Crippen LogP contribution in [-0.4, -0.2) is 25.2 Å². The molecular weight excluding hydrogens is 308 g/mol. The maximum Gasteiger partial charge on any atom is 0.338 e. The molecule has 1 heterocycles. The lowest BCUT2D eigenvalue weighted by Gasteiger charge is -2.28. The fourth-order valence-electron chi connectivity index (χ4n) is 2.51. The zero-order valence-electron chi connectivity index (χ0n) is 14.3. The number of hydrogen-bond acceptors (Lipinski definition) is 4. The molecule has 0 spiro atoms. The fraction of sp³-hybridized carbons (Fsp3) is 0.444. The van der Waals surface area contributed by atoms with Crippen LogP contribution in [0.2, 0.25) is 0 Å². The van der Waals surface area contributed by atoms with E-state index in [0.717, 1.165) is 24.2 Å². The van der Waals surface area contributed by atoms with E-state index in [0.29, 0.717) is 17.9 Å². The number of carbonyl (C=O) groups excluding carboxylic acids is 2. The van der Waals surface area contributed by atoms with Gasteiger partial charge in [0.05, 0.1) is 24.8 Å². The second kappa shape index (κ2) is 8.38. The van der Waals surface area contributed by atoms with Gasteiger partial charge in [-0.1, -0.05) is 25.5 Å². The van der Waals surface area contributed by atoms with E-state index in [4.69, 9.17) is 9.47 Å². The molecule has 1 aliphatic rings. The van der Waals surface area contributed by atoms with Gasteiger partial charge in [-0.2, -0.15) is 0 Å². The number of benzene rings is 1. The number of ether oxygens (including phenoxy) is 2. The topological polar surface area (TPSA) is 76.7 Å². The van der Waals surface area contributed by atoms with E-state index in [1.54, 1.807) is 13.8 Å². The molecule has 1 atom stereocenters. The molecular formula is C18H24N2O4. The predicted molar refractivity (Wildman–Crippen MR) is 90.6 cm³/mol. The minimum absolute atomic E-state index is 0.278. The number of allylic oxidation sites excluding steroid dienone is 1. The van der Waals surface area contributed by atoms with Crippen LogP contribution in [0.1, 0.15) is 45.2 Å². The van der Waals surface area contributed by atoms with E-state index in [1.165, 1.54) is 0 Å². The summed E-state index contributed by atoms with van der Waals surface area (Å²) in [7, 11) is 0. The van der Waals surface area contributed by atoms with Gasteiger partial charge in [-0.15, -0.1) is 0 Å². The zero-order valence-corrected chi connectivity index (χ0v) is 14.3. The minimum Gasteiger partial charge on any atom is -0.494 e. The number of urea groups is 1. The molecule has 1 aromatic rings. The average molecular weight is 332 g/mol. The summed E-state index contributed by atoms with van der Waals surface area (Å²) in [5.41, 5.74) is 1.72. The molecule has 2 amide bonds. The highest BCUT2D eigenvalue weighted by molar-refractivity contribution is 5.95. The van der Waals surface area contributed by atoms with Gasteiger partial charge in [0.25, 0.3) is 0 Å². The monoisotopic (exact) mass is 332 g/mol. The van der Waals surface area contributed by atoms with Crippen molar-refractivity contribution >= 4 is 12.0 Å². The van der Waals surface area contributed by atoms with Gasteiger partial charge in [0, 0.05) is 5.70 Å². The van der Waals surface area contributed by atoms with Gasteiger partial charge < -0.3 is 20.1 Å². The summed E-state index contributed by atoms with van der Waals surface area (Å²) >= 11 is 0. The number of rotatable bonds is 7. The second-order valence-corrected chi connectivity index (χ2v) is 5.56. The van der Waals surface area contributed by atoms with Crippen molar-refractivity contribution in [2.24, 2.45) is 0 Å². The minimum atomic E-state index is -0.539. The highest BCUT2D eigenvalue weighted by Gasteiger charge is 2.31. The Morgan fingerprint density at radius 1 is 1.21 bits per heavy atom. The molecule has 0 saturated heterocycles. The van der Waals surface area contributed by atoms with Gasteiger partial charge in [-0.3, -0.25) is 0 Å². The standard InChI is InChI=1S/C18H24N2O4/c1-4-6-11-24-14-9-7-13(8-10-14)16-15(17(21)23-5-2)12(3)19-18(22)20-16/h7-10,16H,4-6,11H2,1-3H3,(H2,19,20,22). The molecule has 1 aromatic carbocycles. The van der Waals surface area contributed by atoms with Crippen LogP contribution < -0.4 is 15.4 Å². The van der Waals surface area contributed by atoms with Crippen LogP contribution in [-0.2, 0) is 9.53 Å². The number of carbonyl (C=O) groups is 2. The maximum absolute atomic E-state index is 12.2. The lowest BCUT2D eigenvalue weighted by molar-refractivity contribution is -0.139. The van der Waals surface area contributed by atoms with E-state index in [1.807, 2.05) is 24.3 Å². The summed E-state index contributed by atoms with van der Waals surface area (Å²) in [5, 5.41) is 5.39. The van der Waals surface area contributed by atoms with Gasteiger partial charge in [-0.05, 0) is 38.0 Å². The quantitative estimate of drug-likeness (QED) is 0.594. The summed E-state index contributed by atoms with van der Waals surface area (Å²) in [6.07, 6.45) is 2.08. The molecule has 0 radical (unpaired) electrons. The predicted octanol–water partition coefficient (Wildman–Crippen LogP) is 3.06. The van der Waals surface area contributed by atoms with Gasteiger partial charge in [0.15, 0.2) is 0 Å². The largest absolute Gasteiger partial charge is 0.494 e. The van der Waals surface area contributed by atoms with E-state index in [-0.39, 0.29) is 12.6 Å². The summed E-state index contributed by atoms with van der Waals surface area (Å²) in [6, 6.07) is 6.51. The number of hydrogen-bond donors (Lipinski definition) is 2. The second-order valence-electron chi connectivity index (χ2n) is 5.56. The molecule has 0 saturated carbocycles. The Balaban J connectivity index is 2.22. The molecule has 1 unspecified atom stereocenters. The summed E-state index contributed by atoms with van der Waals surface area (Å²) in [4.78, 5) is 24.0. The molecule has 1 aliphatic heterocycles.